The number of rotatable bonds is 3. The lowest BCUT2D eigenvalue weighted by atomic mass is 10.1. The van der Waals surface area contributed by atoms with Crippen LogP contribution in [0.1, 0.15) is 16.5 Å². The largest absolute Gasteiger partial charge is 0.387 e. The van der Waals surface area contributed by atoms with E-state index in [0.29, 0.717) is 15.6 Å². The summed E-state index contributed by atoms with van der Waals surface area (Å²) in [6, 6.07) is 6.11. The molecule has 0 bridgehead atoms. The lowest BCUT2D eigenvalue weighted by molar-refractivity contribution is 0.181. The van der Waals surface area contributed by atoms with Crippen molar-refractivity contribution in [1.82, 2.24) is 0 Å². The first kappa shape index (κ1) is 12.8. The molecule has 0 saturated carbocycles. The van der Waals surface area contributed by atoms with Gasteiger partial charge in [-0.1, -0.05) is 29.3 Å². The fraction of sp³-hybridized carbons (Fsp3) is 0.167. The zero-order valence-electron chi connectivity index (χ0n) is 8.66. The quantitative estimate of drug-likeness (QED) is 0.884. The number of aliphatic hydroxyl groups is 1. The van der Waals surface area contributed by atoms with Crippen molar-refractivity contribution in [3.8, 4) is 0 Å². The molecule has 1 heterocycles. The maximum atomic E-state index is 13.5. The van der Waals surface area contributed by atoms with Gasteiger partial charge in [-0.2, -0.15) is 0 Å². The summed E-state index contributed by atoms with van der Waals surface area (Å²) in [5.74, 6) is -0.404. The molecule has 1 unspecified atom stereocenters. The van der Waals surface area contributed by atoms with E-state index in [0.717, 1.165) is 4.88 Å². The number of halogens is 3. The number of hydrogen-bond donors (Lipinski definition) is 1. The van der Waals surface area contributed by atoms with Crippen LogP contribution < -0.4 is 0 Å². The van der Waals surface area contributed by atoms with Crippen molar-refractivity contribution in [2.24, 2.45) is 0 Å². The first-order chi connectivity index (χ1) is 8.06. The molecule has 1 aromatic heterocycles. The minimum atomic E-state index is -0.747. The normalized spacial score (nSPS) is 12.7. The van der Waals surface area contributed by atoms with Gasteiger partial charge >= 0.3 is 0 Å². The van der Waals surface area contributed by atoms with E-state index in [9.17, 15) is 9.50 Å². The van der Waals surface area contributed by atoms with Crippen LogP contribution in [0.25, 0.3) is 0 Å². The molecule has 1 atom stereocenters. The molecule has 1 N–H and O–H groups in total. The molecule has 0 radical (unpaired) electrons. The Kier molecular flexibility index (Phi) is 4.05. The molecule has 0 aliphatic rings. The minimum absolute atomic E-state index is 0.208. The molecule has 0 spiro atoms. The lowest BCUT2D eigenvalue weighted by Crippen LogP contribution is -2.01. The highest BCUT2D eigenvalue weighted by atomic mass is 35.5. The van der Waals surface area contributed by atoms with Crippen LogP contribution in [0.15, 0.2) is 29.6 Å². The maximum absolute atomic E-state index is 13.5. The van der Waals surface area contributed by atoms with Crippen LogP contribution in [-0.4, -0.2) is 5.11 Å². The van der Waals surface area contributed by atoms with Crippen molar-refractivity contribution in [3.63, 3.8) is 0 Å². The van der Waals surface area contributed by atoms with Gasteiger partial charge in [0.25, 0.3) is 0 Å². The van der Waals surface area contributed by atoms with Crippen LogP contribution in [0.3, 0.4) is 0 Å². The lowest BCUT2D eigenvalue weighted by Gasteiger charge is -2.09. The monoisotopic (exact) mass is 290 g/mol. The first-order valence-electron chi connectivity index (χ1n) is 4.92. The molecule has 17 heavy (non-hydrogen) atoms. The highest BCUT2D eigenvalue weighted by Gasteiger charge is 2.13. The van der Waals surface area contributed by atoms with Crippen LogP contribution in [-0.2, 0) is 6.42 Å². The zero-order chi connectivity index (χ0) is 12.4. The average molecular weight is 291 g/mol. The Bertz CT molecular complexity index is 527. The fourth-order valence-electron chi connectivity index (χ4n) is 1.50. The summed E-state index contributed by atoms with van der Waals surface area (Å²) in [4.78, 5) is 0.726. The summed E-state index contributed by atoms with van der Waals surface area (Å²) in [6.07, 6.45) is -0.539. The van der Waals surface area contributed by atoms with Crippen molar-refractivity contribution in [2.75, 3.05) is 0 Å². The van der Waals surface area contributed by atoms with E-state index in [4.69, 9.17) is 23.2 Å². The molecule has 0 saturated heterocycles. The second-order valence-corrected chi connectivity index (χ2v) is 5.44. The SMILES string of the molecule is OC(Cc1ccc(Cl)cc1F)c1cc(Cl)cs1. The Balaban J connectivity index is 2.15. The van der Waals surface area contributed by atoms with Crippen molar-refractivity contribution < 1.29 is 9.50 Å². The molecule has 5 heteroatoms. The topological polar surface area (TPSA) is 20.2 Å². The summed E-state index contributed by atoms with van der Waals surface area (Å²) in [5, 5.41) is 12.6. The van der Waals surface area contributed by atoms with Gasteiger partial charge in [0, 0.05) is 21.7 Å². The van der Waals surface area contributed by atoms with Gasteiger partial charge in [-0.05, 0) is 23.8 Å². The van der Waals surface area contributed by atoms with Crippen molar-refractivity contribution in [1.29, 1.82) is 0 Å². The van der Waals surface area contributed by atoms with E-state index in [1.54, 1.807) is 23.6 Å². The van der Waals surface area contributed by atoms with Gasteiger partial charge in [0.2, 0.25) is 0 Å². The third kappa shape index (κ3) is 3.19. The Labute approximate surface area is 112 Å². The first-order valence-corrected chi connectivity index (χ1v) is 6.56. The second kappa shape index (κ2) is 5.36. The minimum Gasteiger partial charge on any atom is -0.387 e. The van der Waals surface area contributed by atoms with Gasteiger partial charge in [-0.15, -0.1) is 11.3 Å². The fourth-order valence-corrected chi connectivity index (χ4v) is 2.73. The summed E-state index contributed by atoms with van der Waals surface area (Å²) >= 11 is 12.8. The number of aliphatic hydroxyl groups excluding tert-OH is 1. The highest BCUT2D eigenvalue weighted by Crippen LogP contribution is 2.28. The van der Waals surface area contributed by atoms with E-state index < -0.39 is 11.9 Å². The van der Waals surface area contributed by atoms with E-state index in [1.165, 1.54) is 17.4 Å². The third-order valence-corrected chi connectivity index (χ3v) is 3.96. The van der Waals surface area contributed by atoms with E-state index in [1.807, 2.05) is 0 Å². The molecular formula is C12H9Cl2FOS. The molecule has 2 rings (SSSR count). The maximum Gasteiger partial charge on any atom is 0.127 e. The zero-order valence-corrected chi connectivity index (χ0v) is 11.0. The molecule has 0 aliphatic heterocycles. The van der Waals surface area contributed by atoms with E-state index in [-0.39, 0.29) is 6.42 Å². The Morgan fingerprint density at radius 3 is 2.59 bits per heavy atom. The van der Waals surface area contributed by atoms with Crippen molar-refractivity contribution >= 4 is 34.5 Å². The van der Waals surface area contributed by atoms with Crippen molar-refractivity contribution in [3.05, 3.63) is 55.9 Å². The summed E-state index contributed by atoms with van der Waals surface area (Å²) in [6.45, 7) is 0. The van der Waals surface area contributed by atoms with Crippen LogP contribution in [0.4, 0.5) is 4.39 Å². The standard InChI is InChI=1S/C12H9Cl2FOS/c13-8-2-1-7(10(15)4-8)3-11(16)12-5-9(14)6-17-12/h1-2,4-6,11,16H,3H2. The van der Waals surface area contributed by atoms with Gasteiger partial charge in [-0.25, -0.2) is 4.39 Å². The molecule has 0 fully saturated rings. The Morgan fingerprint density at radius 2 is 2.00 bits per heavy atom. The van der Waals surface area contributed by atoms with Crippen molar-refractivity contribution in [2.45, 2.75) is 12.5 Å². The van der Waals surface area contributed by atoms with Crippen LogP contribution in [0.5, 0.6) is 0 Å². The van der Waals surface area contributed by atoms with Crippen LogP contribution in [0, 0.1) is 5.82 Å². The summed E-state index contributed by atoms with van der Waals surface area (Å²) in [7, 11) is 0. The molecule has 2 aromatic rings. The number of benzene rings is 1. The third-order valence-electron chi connectivity index (χ3n) is 2.34. The summed E-state index contributed by atoms with van der Waals surface area (Å²) in [5.41, 5.74) is 0.437. The van der Waals surface area contributed by atoms with Gasteiger partial charge in [0.15, 0.2) is 0 Å². The van der Waals surface area contributed by atoms with Gasteiger partial charge in [0.1, 0.15) is 5.82 Å². The molecule has 0 aliphatic carbocycles. The molecular weight excluding hydrogens is 282 g/mol. The molecule has 90 valence electrons. The van der Waals surface area contributed by atoms with Gasteiger partial charge < -0.3 is 5.11 Å². The predicted octanol–water partition coefficient (Wildman–Crippen LogP) is 4.47. The second-order valence-electron chi connectivity index (χ2n) is 3.62. The predicted molar refractivity (Wildman–Crippen MR) is 69.4 cm³/mol. The Morgan fingerprint density at radius 1 is 1.24 bits per heavy atom. The summed E-state index contributed by atoms with van der Waals surface area (Å²) < 4.78 is 13.5. The van der Waals surface area contributed by atoms with E-state index >= 15 is 0 Å². The van der Waals surface area contributed by atoms with Crippen LogP contribution >= 0.6 is 34.5 Å². The smallest absolute Gasteiger partial charge is 0.127 e. The van der Waals surface area contributed by atoms with Gasteiger partial charge in [0.05, 0.1) is 11.1 Å². The number of thiophene rings is 1. The van der Waals surface area contributed by atoms with E-state index in [2.05, 4.69) is 0 Å². The molecule has 1 aromatic carbocycles. The molecule has 0 amide bonds. The number of hydrogen-bond acceptors (Lipinski definition) is 2. The van der Waals surface area contributed by atoms with Crippen LogP contribution in [0.2, 0.25) is 10.0 Å². The Hall–Kier alpha value is -0.610. The molecule has 1 nitrogen and oxygen atoms in total. The van der Waals surface area contributed by atoms with Gasteiger partial charge in [-0.3, -0.25) is 0 Å². The average Bonchev–Trinajstić information content (AvgIpc) is 2.69. The highest BCUT2D eigenvalue weighted by molar-refractivity contribution is 7.10.